The Balaban J connectivity index is 1.80. The molecule has 2 aromatic rings. The highest BCUT2D eigenvalue weighted by molar-refractivity contribution is 6.00. The Morgan fingerprint density at radius 2 is 1.71 bits per heavy atom. The third kappa shape index (κ3) is 2.86. The second kappa shape index (κ2) is 5.66. The number of para-hydroxylation sites is 1. The number of alkyl carbamates (subject to hydrolysis) is 1. The van der Waals surface area contributed by atoms with E-state index >= 15 is 0 Å². The molecule has 1 atom stereocenters. The van der Waals surface area contributed by atoms with Gasteiger partial charge in [-0.05, 0) is 11.6 Å². The van der Waals surface area contributed by atoms with E-state index in [4.69, 9.17) is 9.47 Å². The highest BCUT2D eigenvalue weighted by Gasteiger charge is 2.35. The van der Waals surface area contributed by atoms with Crippen molar-refractivity contribution < 1.29 is 19.1 Å². The van der Waals surface area contributed by atoms with Crippen LogP contribution in [0.25, 0.3) is 0 Å². The van der Waals surface area contributed by atoms with E-state index in [1.54, 1.807) is 24.3 Å². The first-order valence-corrected chi connectivity index (χ1v) is 6.51. The van der Waals surface area contributed by atoms with Gasteiger partial charge in [0, 0.05) is 5.56 Å². The van der Waals surface area contributed by atoms with Gasteiger partial charge in [-0.1, -0.05) is 48.5 Å². The summed E-state index contributed by atoms with van der Waals surface area (Å²) in [6.07, 6.45) is -1.69. The molecule has 0 aromatic heterocycles. The lowest BCUT2D eigenvalue weighted by Gasteiger charge is -2.13. The molecule has 1 aliphatic heterocycles. The number of amides is 2. The zero-order chi connectivity index (χ0) is 14.7. The van der Waals surface area contributed by atoms with Crippen LogP contribution in [0.1, 0.15) is 17.2 Å². The Morgan fingerprint density at radius 3 is 2.43 bits per heavy atom. The summed E-state index contributed by atoms with van der Waals surface area (Å²) >= 11 is 0. The molecular weight excluding hydrogens is 270 g/mol. The van der Waals surface area contributed by atoms with Gasteiger partial charge >= 0.3 is 6.09 Å². The van der Waals surface area contributed by atoms with Crippen molar-refractivity contribution in [1.82, 2.24) is 5.32 Å². The molecule has 1 unspecified atom stereocenters. The minimum atomic E-state index is -0.954. The van der Waals surface area contributed by atoms with Crippen molar-refractivity contribution in [1.29, 1.82) is 0 Å². The number of benzene rings is 2. The predicted octanol–water partition coefficient (Wildman–Crippen LogP) is 2.57. The molecular formula is C16H13NO4. The maximum Gasteiger partial charge on any atom is 0.415 e. The number of hydrogen-bond acceptors (Lipinski definition) is 4. The molecule has 5 heteroatoms. The van der Waals surface area contributed by atoms with Gasteiger partial charge in [-0.2, -0.15) is 0 Å². The second-order valence-corrected chi connectivity index (χ2v) is 4.59. The predicted molar refractivity (Wildman–Crippen MR) is 74.6 cm³/mol. The number of cyclic esters (lactones) is 1. The lowest BCUT2D eigenvalue weighted by Crippen LogP contribution is -2.20. The Bertz CT molecular complexity index is 669. The van der Waals surface area contributed by atoms with Crippen molar-refractivity contribution in [2.24, 2.45) is 0 Å². The third-order valence-electron chi connectivity index (χ3n) is 3.13. The van der Waals surface area contributed by atoms with Crippen LogP contribution in [0.5, 0.6) is 5.75 Å². The molecule has 0 bridgehead atoms. The van der Waals surface area contributed by atoms with Crippen LogP contribution in [0.2, 0.25) is 0 Å². The summed E-state index contributed by atoms with van der Waals surface area (Å²) in [4.78, 5) is 22.8. The molecule has 1 fully saturated rings. The van der Waals surface area contributed by atoms with Crippen molar-refractivity contribution in [2.45, 2.75) is 12.7 Å². The molecule has 1 heterocycles. The molecule has 0 aliphatic carbocycles. The van der Waals surface area contributed by atoms with Gasteiger partial charge in [0.2, 0.25) is 6.10 Å². The Hall–Kier alpha value is -2.82. The topological polar surface area (TPSA) is 64.6 Å². The molecule has 5 nitrogen and oxygen atoms in total. The SMILES string of the molecule is O=C1NC(=O)C(c2ccccc2OCc2ccccc2)O1. The number of ether oxygens (including phenoxy) is 2. The summed E-state index contributed by atoms with van der Waals surface area (Å²) in [6.45, 7) is 0.375. The van der Waals surface area contributed by atoms with Gasteiger partial charge in [-0.3, -0.25) is 10.1 Å². The molecule has 1 saturated heterocycles. The van der Waals surface area contributed by atoms with Gasteiger partial charge in [-0.25, -0.2) is 4.79 Å². The fourth-order valence-corrected chi connectivity index (χ4v) is 2.12. The smallest absolute Gasteiger partial charge is 0.415 e. The molecule has 1 aliphatic rings. The molecule has 0 saturated carbocycles. The van der Waals surface area contributed by atoms with E-state index in [1.807, 2.05) is 30.3 Å². The van der Waals surface area contributed by atoms with Gasteiger partial charge < -0.3 is 9.47 Å². The van der Waals surface area contributed by atoms with E-state index in [9.17, 15) is 9.59 Å². The molecule has 21 heavy (non-hydrogen) atoms. The van der Waals surface area contributed by atoms with Gasteiger partial charge in [-0.15, -0.1) is 0 Å². The number of imide groups is 1. The van der Waals surface area contributed by atoms with Crippen molar-refractivity contribution in [3.63, 3.8) is 0 Å². The Morgan fingerprint density at radius 1 is 1.00 bits per heavy atom. The van der Waals surface area contributed by atoms with Crippen LogP contribution in [0, 0.1) is 0 Å². The maximum atomic E-state index is 11.7. The minimum absolute atomic E-state index is 0.375. The zero-order valence-electron chi connectivity index (χ0n) is 11.1. The second-order valence-electron chi connectivity index (χ2n) is 4.59. The zero-order valence-corrected chi connectivity index (χ0v) is 11.1. The van der Waals surface area contributed by atoms with Crippen LogP contribution < -0.4 is 10.1 Å². The quantitative estimate of drug-likeness (QED) is 0.936. The van der Waals surface area contributed by atoms with E-state index in [1.165, 1.54) is 0 Å². The summed E-state index contributed by atoms with van der Waals surface area (Å²) in [5.74, 6) is 0.0481. The van der Waals surface area contributed by atoms with E-state index in [0.29, 0.717) is 17.9 Å². The number of carbonyl (C=O) groups is 2. The Kier molecular flexibility index (Phi) is 3.55. The van der Waals surface area contributed by atoms with Crippen LogP contribution in [0.4, 0.5) is 4.79 Å². The highest BCUT2D eigenvalue weighted by atomic mass is 16.6. The average Bonchev–Trinajstić information content (AvgIpc) is 2.85. The fraction of sp³-hybridized carbons (Fsp3) is 0.125. The van der Waals surface area contributed by atoms with Gasteiger partial charge in [0.05, 0.1) is 0 Å². The number of hydrogen-bond donors (Lipinski definition) is 1. The summed E-state index contributed by atoms with van der Waals surface area (Å²) in [7, 11) is 0. The molecule has 2 aromatic carbocycles. The molecule has 106 valence electrons. The first-order chi connectivity index (χ1) is 10.2. The number of rotatable bonds is 4. The van der Waals surface area contributed by atoms with E-state index < -0.39 is 18.1 Å². The summed E-state index contributed by atoms with van der Waals surface area (Å²) in [5.41, 5.74) is 1.55. The van der Waals surface area contributed by atoms with Crippen molar-refractivity contribution in [3.05, 3.63) is 65.7 Å². The molecule has 0 radical (unpaired) electrons. The minimum Gasteiger partial charge on any atom is -0.488 e. The standard InChI is InChI=1S/C16H13NO4/c18-15-14(21-16(19)17-15)12-8-4-5-9-13(12)20-10-11-6-2-1-3-7-11/h1-9,14H,10H2,(H,17,18,19). The summed E-state index contributed by atoms with van der Waals surface area (Å²) in [6, 6.07) is 16.7. The average molecular weight is 283 g/mol. The Labute approximate surface area is 121 Å². The van der Waals surface area contributed by atoms with Crippen LogP contribution in [-0.2, 0) is 16.1 Å². The monoisotopic (exact) mass is 283 g/mol. The highest BCUT2D eigenvalue weighted by Crippen LogP contribution is 2.30. The number of nitrogens with one attached hydrogen (secondary N) is 1. The normalized spacial score (nSPS) is 17.2. The van der Waals surface area contributed by atoms with Crippen LogP contribution in [0.15, 0.2) is 54.6 Å². The molecule has 0 spiro atoms. The van der Waals surface area contributed by atoms with Crippen LogP contribution in [0.3, 0.4) is 0 Å². The van der Waals surface area contributed by atoms with Crippen LogP contribution >= 0.6 is 0 Å². The largest absolute Gasteiger partial charge is 0.488 e. The van der Waals surface area contributed by atoms with E-state index in [-0.39, 0.29) is 0 Å². The molecule has 1 N–H and O–H groups in total. The van der Waals surface area contributed by atoms with Crippen molar-refractivity contribution in [2.75, 3.05) is 0 Å². The fourth-order valence-electron chi connectivity index (χ4n) is 2.12. The van der Waals surface area contributed by atoms with Crippen molar-refractivity contribution in [3.8, 4) is 5.75 Å². The van der Waals surface area contributed by atoms with Crippen molar-refractivity contribution >= 4 is 12.0 Å². The van der Waals surface area contributed by atoms with Gasteiger partial charge in [0.1, 0.15) is 12.4 Å². The van der Waals surface area contributed by atoms with E-state index in [0.717, 1.165) is 5.56 Å². The molecule has 2 amide bonds. The first-order valence-electron chi connectivity index (χ1n) is 6.51. The lowest BCUT2D eigenvalue weighted by atomic mass is 10.1. The summed E-state index contributed by atoms with van der Waals surface area (Å²) < 4.78 is 10.7. The van der Waals surface area contributed by atoms with Crippen LogP contribution in [-0.4, -0.2) is 12.0 Å². The van der Waals surface area contributed by atoms with Gasteiger partial charge in [0.15, 0.2) is 0 Å². The third-order valence-corrected chi connectivity index (χ3v) is 3.13. The molecule has 3 rings (SSSR count). The number of carbonyl (C=O) groups excluding carboxylic acids is 2. The lowest BCUT2D eigenvalue weighted by molar-refractivity contribution is -0.123. The van der Waals surface area contributed by atoms with Gasteiger partial charge in [0.25, 0.3) is 5.91 Å². The maximum absolute atomic E-state index is 11.7. The first kappa shape index (κ1) is 13.2. The summed E-state index contributed by atoms with van der Waals surface area (Å²) in [5, 5.41) is 2.11. The van der Waals surface area contributed by atoms with E-state index in [2.05, 4.69) is 5.32 Å².